The first-order valence-electron chi connectivity index (χ1n) is 11.3. The van der Waals surface area contributed by atoms with E-state index in [9.17, 15) is 0 Å². The summed E-state index contributed by atoms with van der Waals surface area (Å²) in [5.74, 6) is 1.38. The maximum Gasteiger partial charge on any atom is 0.247 e. The van der Waals surface area contributed by atoms with Crippen LogP contribution in [0.5, 0.6) is 5.75 Å². The van der Waals surface area contributed by atoms with E-state index in [2.05, 4.69) is 29.6 Å². The molecule has 35 heavy (non-hydrogen) atoms. The number of halogens is 1. The molecule has 1 aliphatic rings. The summed E-state index contributed by atoms with van der Waals surface area (Å²) in [5.41, 5.74) is 4.83. The van der Waals surface area contributed by atoms with Crippen molar-refractivity contribution in [1.29, 1.82) is 0 Å². The molecule has 0 spiro atoms. The average molecular weight is 497 g/mol. The Morgan fingerprint density at radius 1 is 0.943 bits per heavy atom. The van der Waals surface area contributed by atoms with Crippen LogP contribution < -0.4 is 9.75 Å². The third-order valence-electron chi connectivity index (χ3n) is 6.11. The number of rotatable bonds is 5. The molecule has 0 radical (unpaired) electrons. The maximum absolute atomic E-state index is 6.16. The molecule has 172 valence electrons. The second kappa shape index (κ2) is 9.13. The van der Waals surface area contributed by atoms with E-state index in [-0.39, 0.29) is 6.04 Å². The van der Waals surface area contributed by atoms with E-state index in [1.165, 1.54) is 0 Å². The number of aromatic nitrogens is 2. The third kappa shape index (κ3) is 4.16. The van der Waals surface area contributed by atoms with Crippen LogP contribution in [-0.2, 0) is 0 Å². The molecule has 5 aromatic rings. The van der Waals surface area contributed by atoms with Crippen molar-refractivity contribution >= 4 is 45.5 Å². The van der Waals surface area contributed by atoms with Crippen molar-refractivity contribution in [1.82, 2.24) is 9.97 Å². The van der Waals surface area contributed by atoms with E-state index in [1.807, 2.05) is 65.7 Å². The van der Waals surface area contributed by atoms with Crippen LogP contribution in [0.3, 0.4) is 0 Å². The number of para-hydroxylation sites is 1. The molecule has 3 aromatic carbocycles. The average Bonchev–Trinajstić information content (AvgIpc) is 3.59. The Morgan fingerprint density at radius 2 is 1.80 bits per heavy atom. The summed E-state index contributed by atoms with van der Waals surface area (Å²) in [6.07, 6.45) is 0.750. The fourth-order valence-electron chi connectivity index (χ4n) is 4.39. The largest absolute Gasteiger partial charge is 0.497 e. The van der Waals surface area contributed by atoms with Gasteiger partial charge in [0.25, 0.3) is 0 Å². The van der Waals surface area contributed by atoms with E-state index in [0.717, 1.165) is 50.5 Å². The number of hydrazone groups is 1. The van der Waals surface area contributed by atoms with Crippen molar-refractivity contribution in [2.24, 2.45) is 5.10 Å². The highest BCUT2D eigenvalue weighted by molar-refractivity contribution is 7.12. The van der Waals surface area contributed by atoms with Gasteiger partial charge in [0.15, 0.2) is 0 Å². The number of ether oxygens (including phenoxy) is 1. The van der Waals surface area contributed by atoms with E-state index in [0.29, 0.717) is 11.0 Å². The van der Waals surface area contributed by atoms with Gasteiger partial charge in [-0.3, -0.25) is 0 Å². The van der Waals surface area contributed by atoms with Crippen LogP contribution in [0, 0.1) is 0 Å². The van der Waals surface area contributed by atoms with Crippen LogP contribution in [0.1, 0.15) is 22.9 Å². The van der Waals surface area contributed by atoms with Crippen molar-refractivity contribution in [3.05, 3.63) is 106 Å². The highest BCUT2D eigenvalue weighted by Gasteiger charge is 2.33. The minimum absolute atomic E-state index is 0.0542. The van der Waals surface area contributed by atoms with Crippen LogP contribution >= 0.6 is 22.9 Å². The van der Waals surface area contributed by atoms with Crippen LogP contribution in [0.2, 0.25) is 5.02 Å². The molecular formula is C28H21ClN4OS. The van der Waals surface area contributed by atoms with Gasteiger partial charge in [-0.25, -0.2) is 15.0 Å². The Bertz CT molecular complexity index is 1530. The molecule has 0 unspecified atom stereocenters. The molecule has 1 atom stereocenters. The van der Waals surface area contributed by atoms with Gasteiger partial charge in [0.1, 0.15) is 5.75 Å². The fraction of sp³-hybridized carbons (Fsp3) is 0.107. The first-order chi connectivity index (χ1) is 17.2. The Morgan fingerprint density at radius 3 is 2.60 bits per heavy atom. The number of hydrogen-bond donors (Lipinski definition) is 0. The predicted octanol–water partition coefficient (Wildman–Crippen LogP) is 7.38. The van der Waals surface area contributed by atoms with E-state index in [4.69, 9.17) is 31.4 Å². The van der Waals surface area contributed by atoms with Crippen LogP contribution in [-0.4, -0.2) is 22.8 Å². The van der Waals surface area contributed by atoms with E-state index in [1.54, 1.807) is 18.4 Å². The molecule has 6 rings (SSSR count). The van der Waals surface area contributed by atoms with Gasteiger partial charge in [-0.2, -0.15) is 5.10 Å². The lowest BCUT2D eigenvalue weighted by atomic mass is 10.0. The molecule has 0 aliphatic carbocycles. The topological polar surface area (TPSA) is 50.6 Å². The maximum atomic E-state index is 6.16. The number of benzene rings is 3. The van der Waals surface area contributed by atoms with Gasteiger partial charge in [0.05, 0.1) is 35.0 Å². The first kappa shape index (κ1) is 21.8. The quantitative estimate of drug-likeness (QED) is 0.255. The Kier molecular flexibility index (Phi) is 5.68. The van der Waals surface area contributed by atoms with Gasteiger partial charge in [-0.05, 0) is 47.3 Å². The number of thiophene rings is 1. The van der Waals surface area contributed by atoms with E-state index < -0.39 is 0 Å². The van der Waals surface area contributed by atoms with Crippen molar-refractivity contribution in [2.75, 3.05) is 12.1 Å². The molecule has 2 aromatic heterocycles. The van der Waals surface area contributed by atoms with Crippen molar-refractivity contribution in [3.63, 3.8) is 0 Å². The molecule has 0 amide bonds. The number of methoxy groups -OCH3 is 1. The predicted molar refractivity (Wildman–Crippen MR) is 144 cm³/mol. The lowest BCUT2D eigenvalue weighted by Gasteiger charge is -2.23. The minimum Gasteiger partial charge on any atom is -0.497 e. The Labute approximate surface area is 212 Å². The number of anilines is 1. The molecule has 5 nitrogen and oxygen atoms in total. The highest BCUT2D eigenvalue weighted by Crippen LogP contribution is 2.39. The van der Waals surface area contributed by atoms with Gasteiger partial charge < -0.3 is 4.74 Å². The van der Waals surface area contributed by atoms with Crippen molar-refractivity contribution in [3.8, 4) is 17.0 Å². The molecule has 3 heterocycles. The Balaban J connectivity index is 1.52. The monoisotopic (exact) mass is 496 g/mol. The fourth-order valence-corrected chi connectivity index (χ4v) is 5.24. The molecule has 0 fully saturated rings. The minimum atomic E-state index is -0.0542. The molecular weight excluding hydrogens is 476 g/mol. The van der Waals surface area contributed by atoms with Gasteiger partial charge in [0.2, 0.25) is 5.95 Å². The number of nitrogens with zero attached hydrogens (tertiary/aromatic N) is 4. The first-order valence-corrected chi connectivity index (χ1v) is 12.5. The lowest BCUT2D eigenvalue weighted by Crippen LogP contribution is -2.21. The molecule has 0 saturated carbocycles. The zero-order valence-electron chi connectivity index (χ0n) is 18.9. The summed E-state index contributed by atoms with van der Waals surface area (Å²) in [6, 6.07) is 28.0. The number of hydrogen-bond acceptors (Lipinski definition) is 6. The standard InChI is InChI=1S/C28H21ClN4OS/c1-34-21-7-4-6-19(16-21)25-17-24(26-10-5-15-35-26)32-33(25)28-30-23-9-3-2-8-22(23)27(31-28)18-11-13-20(29)14-12-18/h2-16,25H,17H2,1H3/t25-/m1/s1. The summed E-state index contributed by atoms with van der Waals surface area (Å²) < 4.78 is 5.50. The summed E-state index contributed by atoms with van der Waals surface area (Å²) in [5, 5.41) is 10.7. The zero-order valence-corrected chi connectivity index (χ0v) is 20.5. The van der Waals surface area contributed by atoms with Crippen LogP contribution in [0.15, 0.2) is 95.4 Å². The summed E-state index contributed by atoms with van der Waals surface area (Å²) >= 11 is 7.85. The zero-order chi connectivity index (χ0) is 23.8. The number of fused-ring (bicyclic) bond motifs is 1. The summed E-state index contributed by atoms with van der Waals surface area (Å²) in [6.45, 7) is 0. The van der Waals surface area contributed by atoms with Crippen LogP contribution in [0.25, 0.3) is 22.2 Å². The summed E-state index contributed by atoms with van der Waals surface area (Å²) in [7, 11) is 1.68. The second-order valence-electron chi connectivity index (χ2n) is 8.26. The molecule has 7 heteroatoms. The third-order valence-corrected chi connectivity index (χ3v) is 7.28. The molecule has 0 N–H and O–H groups in total. The molecule has 0 saturated heterocycles. The highest BCUT2D eigenvalue weighted by atomic mass is 35.5. The van der Waals surface area contributed by atoms with E-state index >= 15 is 0 Å². The second-order valence-corrected chi connectivity index (χ2v) is 9.65. The van der Waals surface area contributed by atoms with Crippen molar-refractivity contribution in [2.45, 2.75) is 12.5 Å². The van der Waals surface area contributed by atoms with Gasteiger partial charge in [0, 0.05) is 22.4 Å². The van der Waals surface area contributed by atoms with Gasteiger partial charge in [-0.1, -0.05) is 60.1 Å². The molecule has 1 aliphatic heterocycles. The van der Waals surface area contributed by atoms with Crippen LogP contribution in [0.4, 0.5) is 5.95 Å². The lowest BCUT2D eigenvalue weighted by molar-refractivity contribution is 0.414. The molecule has 0 bridgehead atoms. The van der Waals surface area contributed by atoms with Gasteiger partial charge in [-0.15, -0.1) is 11.3 Å². The van der Waals surface area contributed by atoms with Gasteiger partial charge >= 0.3 is 0 Å². The Hall–Kier alpha value is -3.74. The normalized spacial score (nSPS) is 15.4. The van der Waals surface area contributed by atoms with Crippen molar-refractivity contribution < 1.29 is 4.74 Å². The summed E-state index contributed by atoms with van der Waals surface area (Å²) in [4.78, 5) is 11.2. The smallest absolute Gasteiger partial charge is 0.247 e. The SMILES string of the molecule is COc1cccc([C@H]2CC(c3cccs3)=NN2c2nc(-c3ccc(Cl)cc3)c3ccccc3n2)c1.